The summed E-state index contributed by atoms with van der Waals surface area (Å²) in [7, 11) is 0. The molecule has 0 N–H and O–H groups in total. The van der Waals surface area contributed by atoms with E-state index in [9.17, 15) is 4.79 Å². The zero-order chi connectivity index (χ0) is 25.2. The quantitative estimate of drug-likeness (QED) is 0.224. The van der Waals surface area contributed by atoms with Crippen LogP contribution in [0.5, 0.6) is 0 Å². The normalized spacial score (nSPS) is 10.4. The second kappa shape index (κ2) is 12.9. The van der Waals surface area contributed by atoms with Gasteiger partial charge in [0.25, 0.3) is 0 Å². The number of nitrogens with zero attached hydrogens (tertiary/aromatic N) is 2. The van der Waals surface area contributed by atoms with Crippen molar-refractivity contribution in [3.8, 4) is 0 Å². The molecule has 0 bridgehead atoms. The van der Waals surface area contributed by atoms with Crippen LogP contribution in [-0.2, 0) is 31.0 Å². The highest BCUT2D eigenvalue weighted by Gasteiger charge is 2.26. The Morgan fingerprint density at radius 3 is 0.889 bits per heavy atom. The van der Waals surface area contributed by atoms with E-state index >= 15 is 0 Å². The average Bonchev–Trinajstić information content (AvgIpc) is 2.93. The molecule has 3 nitrogen and oxygen atoms in total. The number of hydrogen-bond acceptors (Lipinski definition) is 3. The Kier molecular flexibility index (Phi) is 9.09. The molecule has 0 aliphatic rings. The van der Waals surface area contributed by atoms with E-state index in [2.05, 4.69) is 0 Å². The van der Waals surface area contributed by atoms with Gasteiger partial charge >= 0.3 is 0 Å². The monoisotopic (exact) mass is 508 g/mol. The summed E-state index contributed by atoms with van der Waals surface area (Å²) in [6.45, 7) is 2.11. The molecule has 0 aliphatic carbocycles. The Bertz CT molecular complexity index is 1100. The summed E-state index contributed by atoms with van der Waals surface area (Å²) in [6, 6.07) is 40.2. The third kappa shape index (κ3) is 7.17. The van der Waals surface area contributed by atoms with Crippen LogP contribution in [0.2, 0.25) is 0 Å². The summed E-state index contributed by atoms with van der Waals surface area (Å²) in [5.74, 6) is -0.293. The van der Waals surface area contributed by atoms with E-state index in [1.54, 1.807) is 0 Å². The zero-order valence-electron chi connectivity index (χ0n) is 20.0. The van der Waals surface area contributed by atoms with Gasteiger partial charge in [-0.3, -0.25) is 4.79 Å². The minimum Gasteiger partial charge on any atom is -0.351 e. The molecule has 0 amide bonds. The molecule has 0 spiro atoms. The van der Waals surface area contributed by atoms with Crippen LogP contribution in [0.3, 0.4) is 0 Å². The van der Waals surface area contributed by atoms with Crippen LogP contribution < -0.4 is 0 Å². The molecule has 4 rings (SSSR count). The Morgan fingerprint density at radius 1 is 0.444 bits per heavy atom. The van der Waals surface area contributed by atoms with Crippen molar-refractivity contribution in [1.82, 2.24) is 9.80 Å². The van der Waals surface area contributed by atoms with Gasteiger partial charge in [-0.2, -0.15) is 0 Å². The van der Waals surface area contributed by atoms with E-state index in [1.165, 1.54) is 0 Å². The summed E-state index contributed by atoms with van der Waals surface area (Å²) in [4.78, 5) is 18.1. The smallest absolute Gasteiger partial charge is 0.247 e. The molecule has 0 atom stereocenters. The second-order valence-corrected chi connectivity index (χ2v) is 9.37. The van der Waals surface area contributed by atoms with Gasteiger partial charge in [-0.15, -0.1) is 0 Å². The fourth-order valence-corrected chi connectivity index (χ4v) is 4.51. The molecule has 0 aromatic heterocycles. The maximum absolute atomic E-state index is 13.7. The van der Waals surface area contributed by atoms with Gasteiger partial charge in [-0.1, -0.05) is 146 Å². The lowest BCUT2D eigenvalue weighted by Gasteiger charge is -2.29. The number of thiocarbonyl (C=S) groups is 2. The number of benzene rings is 4. The lowest BCUT2D eigenvalue weighted by atomic mass is 10.1. The molecular formula is C31H28N2OS2. The number of ketones is 1. The summed E-state index contributed by atoms with van der Waals surface area (Å²) in [5.41, 5.74) is 4.33. The van der Waals surface area contributed by atoms with Crippen LogP contribution in [-0.4, -0.2) is 25.6 Å². The van der Waals surface area contributed by atoms with E-state index in [4.69, 9.17) is 24.4 Å². The second-order valence-electron chi connectivity index (χ2n) is 8.59. The number of Topliss-reactive ketones (excluding diaryl/α,β-unsaturated/α-hetero) is 1. The fourth-order valence-electron chi connectivity index (χ4n) is 3.99. The van der Waals surface area contributed by atoms with Gasteiger partial charge in [0.15, 0.2) is 9.98 Å². The molecule has 180 valence electrons. The maximum atomic E-state index is 13.7. The average molecular weight is 509 g/mol. The maximum Gasteiger partial charge on any atom is 0.247 e. The Labute approximate surface area is 224 Å². The minimum absolute atomic E-state index is 0.235. The van der Waals surface area contributed by atoms with Crippen LogP contribution in [0.1, 0.15) is 22.3 Å². The van der Waals surface area contributed by atoms with Crippen molar-refractivity contribution in [2.45, 2.75) is 26.2 Å². The summed E-state index contributed by atoms with van der Waals surface area (Å²) in [6.07, 6.45) is 0. The van der Waals surface area contributed by atoms with E-state index in [-0.39, 0.29) is 15.8 Å². The zero-order valence-corrected chi connectivity index (χ0v) is 21.6. The highest BCUT2D eigenvalue weighted by atomic mass is 32.1. The first-order chi connectivity index (χ1) is 17.6. The molecule has 4 aromatic carbocycles. The first-order valence-electron chi connectivity index (χ1n) is 11.9. The molecular weight excluding hydrogens is 480 g/mol. The van der Waals surface area contributed by atoms with Gasteiger partial charge in [-0.25, -0.2) is 0 Å². The molecule has 0 aliphatic heterocycles. The van der Waals surface area contributed by atoms with Crippen molar-refractivity contribution >= 4 is 40.2 Å². The topological polar surface area (TPSA) is 23.6 Å². The SMILES string of the molecule is O=C(C(=S)N(Cc1ccccc1)Cc1ccccc1)C(=S)N(Cc1ccccc1)Cc1ccccc1. The highest BCUT2D eigenvalue weighted by Crippen LogP contribution is 2.16. The lowest BCUT2D eigenvalue weighted by molar-refractivity contribution is -0.108. The van der Waals surface area contributed by atoms with Crippen molar-refractivity contribution in [2.75, 3.05) is 0 Å². The molecule has 36 heavy (non-hydrogen) atoms. The van der Waals surface area contributed by atoms with Crippen molar-refractivity contribution in [2.24, 2.45) is 0 Å². The fraction of sp³-hybridized carbons (Fsp3) is 0.129. The van der Waals surface area contributed by atoms with Crippen molar-refractivity contribution in [1.29, 1.82) is 0 Å². The number of rotatable bonds is 10. The molecule has 0 unspecified atom stereocenters. The van der Waals surface area contributed by atoms with Gasteiger partial charge < -0.3 is 9.80 Å². The molecule has 0 saturated heterocycles. The van der Waals surface area contributed by atoms with Crippen LogP contribution in [0.25, 0.3) is 0 Å². The summed E-state index contributed by atoms with van der Waals surface area (Å²) in [5, 5.41) is 0. The minimum atomic E-state index is -0.293. The third-order valence-electron chi connectivity index (χ3n) is 5.83. The number of carbonyl (C=O) groups excluding carboxylic acids is 1. The largest absolute Gasteiger partial charge is 0.351 e. The van der Waals surface area contributed by atoms with Crippen LogP contribution >= 0.6 is 24.4 Å². The predicted molar refractivity (Wildman–Crippen MR) is 154 cm³/mol. The molecule has 0 fully saturated rings. The van der Waals surface area contributed by atoms with Crippen molar-refractivity contribution in [3.63, 3.8) is 0 Å². The Morgan fingerprint density at radius 2 is 0.667 bits per heavy atom. The highest BCUT2D eigenvalue weighted by molar-refractivity contribution is 7.85. The van der Waals surface area contributed by atoms with Crippen molar-refractivity contribution < 1.29 is 4.79 Å². The predicted octanol–water partition coefficient (Wildman–Crippen LogP) is 6.62. The Hall–Kier alpha value is -3.67. The van der Waals surface area contributed by atoms with E-state index in [1.807, 2.05) is 131 Å². The molecule has 5 heteroatoms. The van der Waals surface area contributed by atoms with E-state index < -0.39 is 0 Å². The number of carbonyl (C=O) groups is 1. The van der Waals surface area contributed by atoms with Crippen LogP contribution in [0.15, 0.2) is 121 Å². The molecule has 4 aromatic rings. The van der Waals surface area contributed by atoms with E-state index in [0.717, 1.165) is 22.3 Å². The van der Waals surface area contributed by atoms with E-state index in [0.29, 0.717) is 26.2 Å². The third-order valence-corrected chi connectivity index (χ3v) is 6.72. The van der Waals surface area contributed by atoms with Gasteiger partial charge in [0.2, 0.25) is 5.78 Å². The Balaban J connectivity index is 1.57. The van der Waals surface area contributed by atoms with Crippen LogP contribution in [0, 0.1) is 0 Å². The summed E-state index contributed by atoms with van der Waals surface area (Å²) >= 11 is 11.6. The molecule has 0 heterocycles. The lowest BCUT2D eigenvalue weighted by Crippen LogP contribution is -2.43. The van der Waals surface area contributed by atoms with Gasteiger partial charge in [0.1, 0.15) is 0 Å². The van der Waals surface area contributed by atoms with Gasteiger partial charge in [0, 0.05) is 26.2 Å². The summed E-state index contributed by atoms with van der Waals surface area (Å²) < 4.78 is 0. The first-order valence-corrected chi connectivity index (χ1v) is 12.7. The standard InChI is InChI=1S/C31H28N2OS2/c34-29(30(35)32(21-25-13-5-1-6-14-25)22-26-15-7-2-8-16-26)31(36)33(23-27-17-9-3-10-18-27)24-28-19-11-4-12-20-28/h1-20H,21-24H2. The molecule has 0 saturated carbocycles. The van der Waals surface area contributed by atoms with Gasteiger partial charge in [-0.05, 0) is 22.3 Å². The van der Waals surface area contributed by atoms with Crippen molar-refractivity contribution in [3.05, 3.63) is 144 Å². The molecule has 0 radical (unpaired) electrons. The van der Waals surface area contributed by atoms with Gasteiger partial charge in [0.05, 0.1) is 0 Å². The van der Waals surface area contributed by atoms with Crippen LogP contribution in [0.4, 0.5) is 0 Å². The number of hydrogen-bond donors (Lipinski definition) is 0. The first kappa shape index (κ1) is 25.4.